The van der Waals surface area contributed by atoms with Crippen molar-refractivity contribution >= 4 is 23.3 Å². The number of nitrogens with one attached hydrogen (secondary N) is 2. The fourth-order valence-electron chi connectivity index (χ4n) is 2.67. The lowest BCUT2D eigenvalue weighted by molar-refractivity contribution is -0.117. The lowest BCUT2D eigenvalue weighted by atomic mass is 10.3. The van der Waals surface area contributed by atoms with Crippen LogP contribution in [0.2, 0.25) is 0 Å². The van der Waals surface area contributed by atoms with Crippen LogP contribution in [-0.2, 0) is 4.79 Å². The molecular weight excluding hydrogens is 370 g/mol. The highest BCUT2D eigenvalue weighted by atomic mass is 19.3. The first-order chi connectivity index (χ1) is 13.3. The molecule has 0 unspecified atom stereocenters. The Bertz CT molecular complexity index is 1050. The Kier molecular flexibility index (Phi) is 4.33. The fourth-order valence-corrected chi connectivity index (χ4v) is 2.67. The van der Waals surface area contributed by atoms with Crippen molar-refractivity contribution in [3.05, 3.63) is 42.7 Å². The highest BCUT2D eigenvalue weighted by molar-refractivity contribution is 5.93. The molecule has 0 saturated heterocycles. The number of halogens is 2. The van der Waals surface area contributed by atoms with E-state index < -0.39 is 18.4 Å². The van der Waals surface area contributed by atoms with Gasteiger partial charge in [-0.25, -0.2) is 18.7 Å². The third-order valence-corrected chi connectivity index (χ3v) is 4.31. The quantitative estimate of drug-likeness (QED) is 0.677. The molecule has 0 atom stereocenters. The molecule has 4 rings (SSSR count). The number of carbonyl (C=O) groups excluding carboxylic acids is 2. The summed E-state index contributed by atoms with van der Waals surface area (Å²) >= 11 is 0. The van der Waals surface area contributed by atoms with E-state index in [1.807, 2.05) is 0 Å². The van der Waals surface area contributed by atoms with E-state index in [2.05, 4.69) is 20.6 Å². The number of imidazole rings is 2. The molecule has 0 radical (unpaired) electrons. The molecule has 10 heteroatoms. The number of hydrogen-bond donors (Lipinski definition) is 2. The number of anilines is 1. The molecule has 1 fully saturated rings. The number of amides is 2. The molecule has 2 amide bonds. The van der Waals surface area contributed by atoms with Crippen molar-refractivity contribution in [3.63, 3.8) is 0 Å². The first-order valence-electron chi connectivity index (χ1n) is 8.78. The van der Waals surface area contributed by atoms with Crippen molar-refractivity contribution in [2.45, 2.75) is 25.7 Å². The van der Waals surface area contributed by atoms with E-state index in [9.17, 15) is 18.4 Å². The van der Waals surface area contributed by atoms with Crippen LogP contribution in [0.5, 0.6) is 0 Å². The second kappa shape index (κ2) is 6.70. The Morgan fingerprint density at radius 3 is 2.75 bits per heavy atom. The van der Waals surface area contributed by atoms with E-state index >= 15 is 0 Å². The van der Waals surface area contributed by atoms with Crippen LogP contribution in [0.15, 0.2) is 37.1 Å². The summed E-state index contributed by atoms with van der Waals surface area (Å²) in [5.41, 5.74) is 1.38. The molecule has 0 bridgehead atoms. The van der Waals surface area contributed by atoms with Crippen LogP contribution in [0.3, 0.4) is 0 Å². The molecule has 0 spiro atoms. The Morgan fingerprint density at radius 1 is 1.25 bits per heavy atom. The summed E-state index contributed by atoms with van der Waals surface area (Å²) in [6.07, 6.45) is 8.17. The fraction of sp³-hybridized carbons (Fsp3) is 0.333. The van der Waals surface area contributed by atoms with Gasteiger partial charge in [0.25, 0.3) is 11.8 Å². The number of rotatable bonds is 6. The van der Waals surface area contributed by atoms with E-state index in [0.29, 0.717) is 17.2 Å². The van der Waals surface area contributed by atoms with Crippen LogP contribution in [0, 0.1) is 5.92 Å². The maximum atomic E-state index is 12.9. The van der Waals surface area contributed by atoms with Crippen LogP contribution in [0.25, 0.3) is 11.3 Å². The van der Waals surface area contributed by atoms with Gasteiger partial charge in [-0.05, 0) is 25.0 Å². The summed E-state index contributed by atoms with van der Waals surface area (Å²) in [7, 11) is 0. The first kappa shape index (κ1) is 18.1. The molecule has 2 N–H and O–H groups in total. The zero-order valence-electron chi connectivity index (χ0n) is 15.0. The van der Waals surface area contributed by atoms with Gasteiger partial charge in [-0.1, -0.05) is 0 Å². The normalized spacial score (nSPS) is 14.2. The van der Waals surface area contributed by atoms with Crippen molar-refractivity contribution in [3.8, 4) is 5.69 Å². The lowest BCUT2D eigenvalue weighted by Gasteiger charge is -2.10. The van der Waals surface area contributed by atoms with E-state index in [1.165, 1.54) is 12.5 Å². The zero-order valence-corrected chi connectivity index (χ0v) is 15.0. The van der Waals surface area contributed by atoms with E-state index in [4.69, 9.17) is 0 Å². The summed E-state index contributed by atoms with van der Waals surface area (Å²) < 4.78 is 29.1. The van der Waals surface area contributed by atoms with Crippen LogP contribution in [0.4, 0.5) is 14.6 Å². The van der Waals surface area contributed by atoms with Gasteiger partial charge in [-0.15, -0.1) is 0 Å². The predicted molar refractivity (Wildman–Crippen MR) is 96.6 cm³/mol. The van der Waals surface area contributed by atoms with E-state index in [0.717, 1.165) is 19.8 Å². The summed E-state index contributed by atoms with van der Waals surface area (Å²) in [5, 5.41) is 4.94. The average molecular weight is 388 g/mol. The molecule has 3 aromatic heterocycles. The van der Waals surface area contributed by atoms with Crippen LogP contribution >= 0.6 is 0 Å². The second-order valence-electron chi connectivity index (χ2n) is 6.96. The molecule has 0 aromatic carbocycles. The molecule has 3 aromatic rings. The van der Waals surface area contributed by atoms with Gasteiger partial charge in [-0.2, -0.15) is 0 Å². The number of pyridine rings is 1. The minimum atomic E-state index is -2.99. The van der Waals surface area contributed by atoms with Crippen molar-refractivity contribution in [2.24, 2.45) is 5.92 Å². The van der Waals surface area contributed by atoms with Gasteiger partial charge >= 0.3 is 0 Å². The van der Waals surface area contributed by atoms with Gasteiger partial charge in [0, 0.05) is 25.2 Å². The Labute approximate surface area is 158 Å². The summed E-state index contributed by atoms with van der Waals surface area (Å²) in [4.78, 5) is 32.1. The minimum Gasteiger partial charge on any atom is -0.345 e. The summed E-state index contributed by atoms with van der Waals surface area (Å²) in [6.45, 7) is -0.0252. The minimum absolute atomic E-state index is 0.0217. The maximum Gasteiger partial charge on any atom is 0.271 e. The highest BCUT2D eigenvalue weighted by Crippen LogP contribution is 2.30. The van der Waals surface area contributed by atoms with Crippen molar-refractivity contribution in [2.75, 3.05) is 11.9 Å². The number of nitrogens with zero attached hydrogens (tertiary/aromatic N) is 4. The second-order valence-corrected chi connectivity index (χ2v) is 6.96. The first-order valence-corrected chi connectivity index (χ1v) is 8.78. The molecular formula is C18H18F2N6O2. The predicted octanol–water partition coefficient (Wildman–Crippen LogP) is 2.25. The Morgan fingerprint density at radius 2 is 2.04 bits per heavy atom. The van der Waals surface area contributed by atoms with Crippen LogP contribution in [0.1, 0.15) is 30.3 Å². The van der Waals surface area contributed by atoms with Crippen molar-refractivity contribution < 1.29 is 18.4 Å². The maximum absolute atomic E-state index is 12.9. The molecule has 1 aliphatic rings. The summed E-state index contributed by atoms with van der Waals surface area (Å²) in [6, 6.07) is 3.54. The third-order valence-electron chi connectivity index (χ3n) is 4.31. The highest BCUT2D eigenvalue weighted by Gasteiger charge is 2.30. The number of hydrogen-bond acceptors (Lipinski definition) is 4. The monoisotopic (exact) mass is 388 g/mol. The number of alkyl halides is 2. The van der Waals surface area contributed by atoms with Crippen molar-refractivity contribution in [1.82, 2.24) is 24.3 Å². The SMILES string of the molecule is CC(F)(F)CNC(=O)c1cn(-c2ccc3nc(NC(=O)C4CC4)cn3c2)cn1. The number of carbonyl (C=O) groups is 2. The van der Waals surface area contributed by atoms with Gasteiger partial charge in [0.05, 0.1) is 18.4 Å². The lowest BCUT2D eigenvalue weighted by Crippen LogP contribution is -2.34. The van der Waals surface area contributed by atoms with Gasteiger partial charge in [0.15, 0.2) is 5.82 Å². The smallest absolute Gasteiger partial charge is 0.271 e. The van der Waals surface area contributed by atoms with Gasteiger partial charge in [-0.3, -0.25) is 9.59 Å². The zero-order chi connectivity index (χ0) is 19.9. The Balaban J connectivity index is 1.50. The standard InChI is InChI=1S/C18H18F2N6O2/c1-18(19,20)9-21-17(28)13-7-26(10-22-13)12-4-5-15-23-14(8-25(15)6-12)24-16(27)11-2-3-11/h4-8,10-11H,2-3,9H2,1H3,(H,21,28)(H,24,27). The molecule has 146 valence electrons. The molecule has 1 aliphatic carbocycles. The van der Waals surface area contributed by atoms with Gasteiger partial charge in [0.2, 0.25) is 5.91 Å². The molecule has 0 aliphatic heterocycles. The van der Waals surface area contributed by atoms with Crippen molar-refractivity contribution in [1.29, 1.82) is 0 Å². The Hall–Kier alpha value is -3.30. The molecule has 28 heavy (non-hydrogen) atoms. The average Bonchev–Trinajstić information content (AvgIpc) is 3.23. The van der Waals surface area contributed by atoms with E-state index in [-0.39, 0.29) is 17.5 Å². The number of fused-ring (bicyclic) bond motifs is 1. The molecule has 3 heterocycles. The van der Waals surface area contributed by atoms with Crippen LogP contribution < -0.4 is 10.6 Å². The largest absolute Gasteiger partial charge is 0.345 e. The van der Waals surface area contributed by atoms with E-state index in [1.54, 1.807) is 33.5 Å². The van der Waals surface area contributed by atoms with Gasteiger partial charge < -0.3 is 19.6 Å². The topological polar surface area (TPSA) is 93.3 Å². The number of aromatic nitrogens is 4. The van der Waals surface area contributed by atoms with Gasteiger partial charge in [0.1, 0.15) is 17.7 Å². The summed E-state index contributed by atoms with van der Waals surface area (Å²) in [5.74, 6) is -3.12. The third kappa shape index (κ3) is 4.00. The molecule has 1 saturated carbocycles. The molecule has 8 nitrogen and oxygen atoms in total. The van der Waals surface area contributed by atoms with Crippen LogP contribution in [-0.4, -0.2) is 43.2 Å².